The fraction of sp³-hybridized carbons (Fsp3) is 0.375. The first-order chi connectivity index (χ1) is 11.1. The molecule has 0 saturated carbocycles. The topological polar surface area (TPSA) is 76.9 Å². The number of anilines is 1. The summed E-state index contributed by atoms with van der Waals surface area (Å²) in [4.78, 5) is 33.2. The van der Waals surface area contributed by atoms with Crippen molar-refractivity contribution in [1.29, 1.82) is 0 Å². The molecule has 3 rings (SSSR count). The number of aromatic nitrogens is 3. The molecule has 0 radical (unpaired) electrons. The first-order valence-corrected chi connectivity index (χ1v) is 8.53. The minimum absolute atomic E-state index is 0.0799. The fourth-order valence-corrected chi connectivity index (χ4v) is 3.71. The summed E-state index contributed by atoms with van der Waals surface area (Å²) in [7, 11) is 0. The molecule has 7 heteroatoms. The van der Waals surface area contributed by atoms with E-state index in [-0.39, 0.29) is 23.9 Å². The number of carbonyl (C=O) groups excluding carboxylic acids is 1. The van der Waals surface area contributed by atoms with Gasteiger partial charge in [-0.1, -0.05) is 24.8 Å². The van der Waals surface area contributed by atoms with Crippen LogP contribution in [0.3, 0.4) is 0 Å². The summed E-state index contributed by atoms with van der Waals surface area (Å²) in [5.41, 5.74) is 1.63. The van der Waals surface area contributed by atoms with Crippen molar-refractivity contribution >= 4 is 23.5 Å². The zero-order valence-electron chi connectivity index (χ0n) is 13.1. The molecule has 0 aliphatic carbocycles. The Morgan fingerprint density at radius 3 is 3.09 bits per heavy atom. The van der Waals surface area contributed by atoms with E-state index < -0.39 is 0 Å². The maximum Gasteiger partial charge on any atom is 0.254 e. The molecule has 120 valence electrons. The summed E-state index contributed by atoms with van der Waals surface area (Å²) >= 11 is 1.53. The number of amides is 1. The van der Waals surface area contributed by atoms with E-state index in [0.29, 0.717) is 16.7 Å². The Balaban J connectivity index is 1.75. The van der Waals surface area contributed by atoms with Crippen LogP contribution in [-0.4, -0.2) is 26.2 Å². The van der Waals surface area contributed by atoms with Crippen molar-refractivity contribution in [2.24, 2.45) is 0 Å². The predicted octanol–water partition coefficient (Wildman–Crippen LogP) is 2.18. The Morgan fingerprint density at radius 1 is 1.52 bits per heavy atom. The Kier molecular flexibility index (Phi) is 4.47. The molecule has 1 aliphatic rings. The lowest BCUT2D eigenvalue weighted by atomic mass is 10.2. The molecule has 1 N–H and O–H groups in total. The highest BCUT2D eigenvalue weighted by Crippen LogP contribution is 2.32. The molecule has 1 atom stereocenters. The van der Waals surface area contributed by atoms with Gasteiger partial charge in [-0.3, -0.25) is 14.2 Å². The molecule has 1 amide bonds. The first kappa shape index (κ1) is 15.7. The molecule has 0 fully saturated rings. The van der Waals surface area contributed by atoms with Crippen molar-refractivity contribution in [3.63, 3.8) is 0 Å². The average molecular weight is 330 g/mol. The molecular weight excluding hydrogens is 312 g/mol. The highest BCUT2D eigenvalue weighted by molar-refractivity contribution is 7.99. The van der Waals surface area contributed by atoms with Gasteiger partial charge in [-0.15, -0.1) is 0 Å². The molecular formula is C16H18N4O2S. The van der Waals surface area contributed by atoms with Gasteiger partial charge in [0, 0.05) is 30.1 Å². The molecule has 1 aliphatic heterocycles. The van der Waals surface area contributed by atoms with Gasteiger partial charge in [0.1, 0.15) is 5.82 Å². The van der Waals surface area contributed by atoms with Gasteiger partial charge < -0.3 is 5.32 Å². The molecule has 3 heterocycles. The van der Waals surface area contributed by atoms with Crippen LogP contribution in [0, 0.1) is 6.92 Å². The second-order valence-corrected chi connectivity index (χ2v) is 6.47. The van der Waals surface area contributed by atoms with Crippen molar-refractivity contribution in [2.75, 3.05) is 11.1 Å². The van der Waals surface area contributed by atoms with Crippen molar-refractivity contribution in [2.45, 2.75) is 37.9 Å². The molecule has 2 aromatic rings. The Bertz CT molecular complexity index is 803. The Labute approximate surface area is 138 Å². The minimum atomic E-state index is -0.162. The third kappa shape index (κ3) is 3.29. The number of thioether (sulfide) groups is 1. The molecule has 6 nitrogen and oxygen atoms in total. The Hall–Kier alpha value is -2.15. The summed E-state index contributed by atoms with van der Waals surface area (Å²) in [6.45, 7) is 3.86. The molecule has 2 aromatic heterocycles. The summed E-state index contributed by atoms with van der Waals surface area (Å²) in [6, 6.07) is 5.11. The van der Waals surface area contributed by atoms with Crippen LogP contribution in [0.15, 0.2) is 34.3 Å². The smallest absolute Gasteiger partial charge is 0.254 e. The zero-order valence-corrected chi connectivity index (χ0v) is 13.9. The van der Waals surface area contributed by atoms with E-state index >= 15 is 0 Å². The van der Waals surface area contributed by atoms with Crippen molar-refractivity contribution in [3.8, 4) is 0 Å². The number of nitrogens with one attached hydrogen (secondary N) is 1. The summed E-state index contributed by atoms with van der Waals surface area (Å²) in [5.74, 6) is 1.11. The van der Waals surface area contributed by atoms with E-state index in [1.807, 2.05) is 26.0 Å². The maximum atomic E-state index is 12.3. The van der Waals surface area contributed by atoms with Crippen LogP contribution in [0.4, 0.5) is 5.82 Å². The van der Waals surface area contributed by atoms with Gasteiger partial charge in [0.25, 0.3) is 5.56 Å². The monoisotopic (exact) mass is 330 g/mol. The second kappa shape index (κ2) is 6.54. The quantitative estimate of drug-likeness (QED) is 0.870. The van der Waals surface area contributed by atoms with E-state index in [9.17, 15) is 9.59 Å². The van der Waals surface area contributed by atoms with E-state index in [1.54, 1.807) is 16.8 Å². The van der Waals surface area contributed by atoms with Gasteiger partial charge >= 0.3 is 0 Å². The number of carbonyl (C=O) groups is 1. The van der Waals surface area contributed by atoms with Crippen LogP contribution in [-0.2, 0) is 11.2 Å². The molecule has 1 unspecified atom stereocenters. The van der Waals surface area contributed by atoms with Crippen LogP contribution in [0.25, 0.3) is 0 Å². The lowest BCUT2D eigenvalue weighted by Gasteiger charge is -2.13. The largest absolute Gasteiger partial charge is 0.310 e. The number of rotatable bonds is 4. The molecule has 0 bridgehead atoms. The number of nitrogens with zero attached hydrogens (tertiary/aromatic N) is 3. The van der Waals surface area contributed by atoms with Crippen LogP contribution in [0.2, 0.25) is 0 Å². The second-order valence-electron chi connectivity index (χ2n) is 5.48. The van der Waals surface area contributed by atoms with E-state index in [4.69, 9.17) is 0 Å². The molecule has 0 saturated heterocycles. The molecule has 23 heavy (non-hydrogen) atoms. The van der Waals surface area contributed by atoms with Crippen molar-refractivity contribution in [3.05, 3.63) is 46.0 Å². The van der Waals surface area contributed by atoms with E-state index in [2.05, 4.69) is 15.3 Å². The summed E-state index contributed by atoms with van der Waals surface area (Å²) in [6.07, 6.45) is 2.61. The predicted molar refractivity (Wildman–Crippen MR) is 89.9 cm³/mol. The lowest BCUT2D eigenvalue weighted by Crippen LogP contribution is -2.28. The molecule has 0 spiro atoms. The van der Waals surface area contributed by atoms with Crippen LogP contribution >= 0.6 is 11.8 Å². The third-order valence-corrected chi connectivity index (χ3v) is 4.89. The van der Waals surface area contributed by atoms with Gasteiger partial charge in [-0.25, -0.2) is 9.97 Å². The van der Waals surface area contributed by atoms with Crippen LogP contribution in [0.1, 0.15) is 30.6 Å². The lowest BCUT2D eigenvalue weighted by molar-refractivity contribution is -0.116. The number of pyridine rings is 1. The first-order valence-electron chi connectivity index (χ1n) is 7.55. The van der Waals surface area contributed by atoms with Crippen molar-refractivity contribution in [1.82, 2.24) is 14.5 Å². The third-order valence-electron chi connectivity index (χ3n) is 3.79. The van der Waals surface area contributed by atoms with Crippen molar-refractivity contribution < 1.29 is 4.79 Å². The summed E-state index contributed by atoms with van der Waals surface area (Å²) < 4.78 is 1.63. The number of hydrogen-bond donors (Lipinski definition) is 1. The average Bonchev–Trinajstić information content (AvgIpc) is 2.92. The number of fused-ring (bicyclic) bond motifs is 1. The van der Waals surface area contributed by atoms with E-state index in [0.717, 1.165) is 17.7 Å². The van der Waals surface area contributed by atoms with E-state index in [1.165, 1.54) is 11.8 Å². The van der Waals surface area contributed by atoms with Gasteiger partial charge in [0.15, 0.2) is 5.16 Å². The maximum absolute atomic E-state index is 12.3. The fourth-order valence-electron chi connectivity index (χ4n) is 2.54. The van der Waals surface area contributed by atoms with Gasteiger partial charge in [-0.05, 0) is 25.0 Å². The summed E-state index contributed by atoms with van der Waals surface area (Å²) in [5, 5.41) is 3.52. The molecule has 0 aromatic carbocycles. The Morgan fingerprint density at radius 2 is 2.35 bits per heavy atom. The highest BCUT2D eigenvalue weighted by atomic mass is 32.2. The van der Waals surface area contributed by atoms with Gasteiger partial charge in [0.2, 0.25) is 5.91 Å². The van der Waals surface area contributed by atoms with Crippen LogP contribution in [0.5, 0.6) is 0 Å². The van der Waals surface area contributed by atoms with Gasteiger partial charge in [0.05, 0.1) is 6.04 Å². The zero-order chi connectivity index (χ0) is 16.4. The minimum Gasteiger partial charge on any atom is -0.310 e. The standard InChI is InChI=1S/C16H18N4O2S/c1-3-11-7-14(22)20-12(9-23-16(20)18-11)8-13(21)19-15-10(2)5-4-6-17-15/h4-7,12H,3,8-9H2,1-2H3,(H,17,19,21). The van der Waals surface area contributed by atoms with Crippen LogP contribution < -0.4 is 10.9 Å². The number of hydrogen-bond acceptors (Lipinski definition) is 5. The highest BCUT2D eigenvalue weighted by Gasteiger charge is 2.27. The van der Waals surface area contributed by atoms with Gasteiger partial charge in [-0.2, -0.15) is 0 Å². The SMILES string of the molecule is CCc1cc(=O)n2c(n1)SCC2CC(=O)Nc1ncccc1C. The number of aryl methyl sites for hydroxylation is 2. The normalized spacial score (nSPS) is 16.2.